The summed E-state index contributed by atoms with van der Waals surface area (Å²) in [6.07, 6.45) is 3.22. The Bertz CT molecular complexity index is 461. The van der Waals surface area contributed by atoms with Crippen LogP contribution in [-0.2, 0) is 19.1 Å². The molecule has 0 bridgehead atoms. The standard InChI is InChI=1S/C15H29N5O4S/c1-4-24-14(23)12(6-5-8-18-15(16)17)20-13(22)11(7-9-25-3)19-10(2)21/h11-12H,4-9H2,1-3H3,(H,19,21)(H,20,22)(H4,16,17,18)/t11?,12-/m0/s1. The number of nitrogens with two attached hydrogens (primary N) is 1. The van der Waals surface area contributed by atoms with E-state index in [1.807, 2.05) is 6.26 Å². The Morgan fingerprint density at radius 1 is 1.20 bits per heavy atom. The molecule has 0 rings (SSSR count). The number of esters is 1. The van der Waals surface area contributed by atoms with Crippen molar-refractivity contribution in [2.24, 2.45) is 5.73 Å². The van der Waals surface area contributed by atoms with E-state index in [1.165, 1.54) is 6.92 Å². The summed E-state index contributed by atoms with van der Waals surface area (Å²) in [5, 5.41) is 15.0. The summed E-state index contributed by atoms with van der Waals surface area (Å²) in [6.45, 7) is 3.64. The predicted octanol–water partition coefficient (Wildman–Crippen LogP) is -0.445. The van der Waals surface area contributed by atoms with Crippen LogP contribution in [0.5, 0.6) is 0 Å². The number of ether oxygens (including phenoxy) is 1. The summed E-state index contributed by atoms with van der Waals surface area (Å²) >= 11 is 1.56. The van der Waals surface area contributed by atoms with Gasteiger partial charge >= 0.3 is 5.97 Å². The Labute approximate surface area is 152 Å². The SMILES string of the molecule is CCOC(=O)[C@H](CCCNC(=N)N)NC(=O)C(CCSC)NC(C)=O. The van der Waals surface area contributed by atoms with Gasteiger partial charge in [-0.2, -0.15) is 11.8 Å². The zero-order chi connectivity index (χ0) is 19.2. The van der Waals surface area contributed by atoms with Gasteiger partial charge in [0.05, 0.1) is 6.61 Å². The van der Waals surface area contributed by atoms with Gasteiger partial charge in [-0.15, -0.1) is 0 Å². The molecule has 0 saturated carbocycles. The van der Waals surface area contributed by atoms with E-state index in [0.29, 0.717) is 31.6 Å². The molecule has 0 aromatic carbocycles. The van der Waals surface area contributed by atoms with Crippen LogP contribution in [0.25, 0.3) is 0 Å². The maximum absolute atomic E-state index is 12.4. The van der Waals surface area contributed by atoms with Crippen molar-refractivity contribution in [2.75, 3.05) is 25.2 Å². The Kier molecular flexibility index (Phi) is 12.3. The minimum atomic E-state index is -0.813. The van der Waals surface area contributed by atoms with Gasteiger partial charge in [0, 0.05) is 13.5 Å². The highest BCUT2D eigenvalue weighted by Crippen LogP contribution is 2.05. The smallest absolute Gasteiger partial charge is 0.328 e. The maximum Gasteiger partial charge on any atom is 0.328 e. The number of hydrogen-bond donors (Lipinski definition) is 5. The fraction of sp³-hybridized carbons (Fsp3) is 0.733. The van der Waals surface area contributed by atoms with E-state index in [1.54, 1.807) is 18.7 Å². The van der Waals surface area contributed by atoms with E-state index >= 15 is 0 Å². The minimum absolute atomic E-state index is 0.153. The van der Waals surface area contributed by atoms with Crippen LogP contribution in [0.15, 0.2) is 0 Å². The Balaban J connectivity index is 4.79. The number of guanidine groups is 1. The summed E-state index contributed by atoms with van der Waals surface area (Å²) in [7, 11) is 0. The van der Waals surface area contributed by atoms with Gasteiger partial charge in [0.1, 0.15) is 12.1 Å². The highest BCUT2D eigenvalue weighted by molar-refractivity contribution is 7.98. The normalized spacial score (nSPS) is 12.6. The van der Waals surface area contributed by atoms with E-state index < -0.39 is 24.0 Å². The lowest BCUT2D eigenvalue weighted by molar-refractivity contribution is -0.147. The van der Waals surface area contributed by atoms with Crippen LogP contribution in [0.3, 0.4) is 0 Å². The number of carbonyl (C=O) groups excluding carboxylic acids is 3. The molecular formula is C15H29N5O4S. The van der Waals surface area contributed by atoms with Crippen LogP contribution >= 0.6 is 11.8 Å². The zero-order valence-corrected chi connectivity index (χ0v) is 15.8. The fourth-order valence-corrected chi connectivity index (χ4v) is 2.51. The topological polar surface area (TPSA) is 146 Å². The number of rotatable bonds is 12. The van der Waals surface area contributed by atoms with Gasteiger partial charge in [-0.1, -0.05) is 0 Å². The zero-order valence-electron chi connectivity index (χ0n) is 15.0. The van der Waals surface area contributed by atoms with Gasteiger partial charge in [-0.25, -0.2) is 4.79 Å². The second kappa shape index (κ2) is 13.3. The molecule has 0 aliphatic heterocycles. The second-order valence-electron chi connectivity index (χ2n) is 5.33. The van der Waals surface area contributed by atoms with Crippen molar-refractivity contribution in [2.45, 2.75) is 45.2 Å². The molecule has 1 unspecified atom stereocenters. The van der Waals surface area contributed by atoms with Crippen molar-refractivity contribution < 1.29 is 19.1 Å². The number of thioether (sulfide) groups is 1. The van der Waals surface area contributed by atoms with Crippen LogP contribution < -0.4 is 21.7 Å². The molecule has 0 spiro atoms. The van der Waals surface area contributed by atoms with Crippen molar-refractivity contribution in [1.29, 1.82) is 5.41 Å². The number of carbonyl (C=O) groups is 3. The predicted molar refractivity (Wildman–Crippen MR) is 98.3 cm³/mol. The number of hydrogen-bond acceptors (Lipinski definition) is 6. The summed E-state index contributed by atoms with van der Waals surface area (Å²) in [5.74, 6) is -0.698. The van der Waals surface area contributed by atoms with E-state index in [2.05, 4.69) is 16.0 Å². The molecule has 0 radical (unpaired) electrons. The molecule has 2 amide bonds. The lowest BCUT2D eigenvalue weighted by atomic mass is 10.1. The summed E-state index contributed by atoms with van der Waals surface area (Å²) in [5.41, 5.74) is 5.20. The molecule has 0 heterocycles. The Morgan fingerprint density at radius 2 is 1.88 bits per heavy atom. The lowest BCUT2D eigenvalue weighted by Gasteiger charge is -2.22. The van der Waals surface area contributed by atoms with E-state index in [4.69, 9.17) is 15.9 Å². The molecule has 0 aromatic rings. The molecule has 0 fully saturated rings. The molecule has 0 aromatic heterocycles. The first-order valence-electron chi connectivity index (χ1n) is 8.12. The van der Waals surface area contributed by atoms with Gasteiger partial charge in [0.2, 0.25) is 11.8 Å². The van der Waals surface area contributed by atoms with Gasteiger partial charge in [-0.3, -0.25) is 15.0 Å². The molecule has 0 aliphatic rings. The van der Waals surface area contributed by atoms with Crippen LogP contribution in [0.4, 0.5) is 0 Å². The van der Waals surface area contributed by atoms with Crippen molar-refractivity contribution in [1.82, 2.24) is 16.0 Å². The molecular weight excluding hydrogens is 346 g/mol. The second-order valence-corrected chi connectivity index (χ2v) is 6.32. The molecule has 6 N–H and O–H groups in total. The van der Waals surface area contributed by atoms with E-state index in [9.17, 15) is 14.4 Å². The third-order valence-electron chi connectivity index (χ3n) is 3.18. The third-order valence-corrected chi connectivity index (χ3v) is 3.82. The number of nitrogens with one attached hydrogen (secondary N) is 4. The Morgan fingerprint density at radius 3 is 2.40 bits per heavy atom. The molecule has 10 heteroatoms. The quantitative estimate of drug-likeness (QED) is 0.134. The average Bonchev–Trinajstić information content (AvgIpc) is 2.53. The van der Waals surface area contributed by atoms with Crippen LogP contribution in [-0.4, -0.2) is 61.0 Å². The Hall–Kier alpha value is -1.97. The van der Waals surface area contributed by atoms with Gasteiger partial charge in [0.25, 0.3) is 0 Å². The molecule has 9 nitrogen and oxygen atoms in total. The molecule has 0 aliphatic carbocycles. The average molecular weight is 375 g/mol. The number of amides is 2. The first kappa shape index (κ1) is 23.0. The van der Waals surface area contributed by atoms with Gasteiger partial charge in [-0.05, 0) is 38.2 Å². The van der Waals surface area contributed by atoms with Gasteiger partial charge < -0.3 is 26.4 Å². The van der Waals surface area contributed by atoms with Crippen molar-refractivity contribution in [3.05, 3.63) is 0 Å². The van der Waals surface area contributed by atoms with Crippen molar-refractivity contribution in [3.63, 3.8) is 0 Å². The first-order chi connectivity index (χ1) is 11.8. The van der Waals surface area contributed by atoms with E-state index in [-0.39, 0.29) is 18.5 Å². The van der Waals surface area contributed by atoms with Crippen molar-refractivity contribution in [3.8, 4) is 0 Å². The molecule has 25 heavy (non-hydrogen) atoms. The monoisotopic (exact) mass is 375 g/mol. The summed E-state index contributed by atoms with van der Waals surface area (Å²) in [6, 6.07) is -1.51. The molecule has 144 valence electrons. The van der Waals surface area contributed by atoms with Crippen LogP contribution in [0.2, 0.25) is 0 Å². The third kappa shape index (κ3) is 11.2. The van der Waals surface area contributed by atoms with Gasteiger partial charge in [0.15, 0.2) is 5.96 Å². The maximum atomic E-state index is 12.4. The van der Waals surface area contributed by atoms with Crippen LogP contribution in [0.1, 0.15) is 33.1 Å². The first-order valence-corrected chi connectivity index (χ1v) is 9.52. The van der Waals surface area contributed by atoms with Crippen LogP contribution in [0, 0.1) is 5.41 Å². The van der Waals surface area contributed by atoms with E-state index in [0.717, 1.165) is 0 Å². The molecule has 0 saturated heterocycles. The van der Waals surface area contributed by atoms with Crippen molar-refractivity contribution >= 4 is 35.5 Å². The lowest BCUT2D eigenvalue weighted by Crippen LogP contribution is -2.52. The fourth-order valence-electron chi connectivity index (χ4n) is 2.04. The molecule has 2 atom stereocenters. The highest BCUT2D eigenvalue weighted by atomic mass is 32.2. The largest absolute Gasteiger partial charge is 0.464 e. The minimum Gasteiger partial charge on any atom is -0.464 e. The summed E-state index contributed by atoms with van der Waals surface area (Å²) in [4.78, 5) is 35.8. The highest BCUT2D eigenvalue weighted by Gasteiger charge is 2.26. The summed E-state index contributed by atoms with van der Waals surface area (Å²) < 4.78 is 4.99.